The molecule has 2 N–H and O–H groups in total. The van der Waals surface area contributed by atoms with E-state index in [1.54, 1.807) is 12.3 Å². The van der Waals surface area contributed by atoms with Crippen LogP contribution in [0.2, 0.25) is 0 Å². The van der Waals surface area contributed by atoms with Crippen LogP contribution in [0.4, 0.5) is 14.5 Å². The first-order chi connectivity index (χ1) is 10.1. The predicted octanol–water partition coefficient (Wildman–Crippen LogP) is 3.37. The lowest BCUT2D eigenvalue weighted by Gasteiger charge is -2.09. The maximum atomic E-state index is 14.1. The van der Waals surface area contributed by atoms with Gasteiger partial charge in [-0.2, -0.15) is 0 Å². The number of nitrogens with two attached hydrogens (primary N) is 1. The number of aromatic nitrogens is 3. The minimum atomic E-state index is -0.771. The van der Waals surface area contributed by atoms with Crippen molar-refractivity contribution >= 4 is 16.9 Å². The Kier molecular flexibility index (Phi) is 3.29. The van der Waals surface area contributed by atoms with Crippen molar-refractivity contribution in [2.24, 2.45) is 0 Å². The number of benzene rings is 1. The van der Waals surface area contributed by atoms with Gasteiger partial charge in [0.25, 0.3) is 0 Å². The summed E-state index contributed by atoms with van der Waals surface area (Å²) in [6.45, 7) is 2.65. The summed E-state index contributed by atoms with van der Waals surface area (Å²) in [6.07, 6.45) is 2.50. The molecule has 2 aromatic heterocycles. The van der Waals surface area contributed by atoms with Gasteiger partial charge in [-0.1, -0.05) is 6.92 Å². The van der Waals surface area contributed by atoms with E-state index in [4.69, 9.17) is 5.73 Å². The van der Waals surface area contributed by atoms with Crippen molar-refractivity contribution in [2.75, 3.05) is 5.73 Å². The molecule has 3 rings (SSSR count). The molecule has 0 aliphatic rings. The fraction of sp³-hybridized carbons (Fsp3) is 0.200. The van der Waals surface area contributed by atoms with Gasteiger partial charge in [0.2, 0.25) is 0 Å². The molecule has 3 aromatic rings. The lowest BCUT2D eigenvalue weighted by molar-refractivity contribution is 0.586. The zero-order chi connectivity index (χ0) is 15.0. The topological polar surface area (TPSA) is 56.7 Å². The fourth-order valence-electron chi connectivity index (χ4n) is 2.34. The van der Waals surface area contributed by atoms with E-state index in [1.165, 1.54) is 6.07 Å². The Balaban J connectivity index is 2.29. The van der Waals surface area contributed by atoms with Crippen LogP contribution in [0.5, 0.6) is 0 Å². The van der Waals surface area contributed by atoms with E-state index in [0.29, 0.717) is 23.5 Å². The third-order valence-corrected chi connectivity index (χ3v) is 3.28. The van der Waals surface area contributed by atoms with Crippen LogP contribution in [-0.2, 0) is 6.54 Å². The maximum Gasteiger partial charge on any atom is 0.160 e. The average Bonchev–Trinajstić information content (AvgIpc) is 2.82. The summed E-state index contributed by atoms with van der Waals surface area (Å²) in [5.41, 5.74) is 6.98. The standard InChI is InChI=1S/C15H14F2N4/c1-2-6-21-14(20-13-4-3-5-19-15(13)21)9-7-12(18)11(17)8-10(9)16/h3-5,7-8H,2,6,18H2,1H3. The first-order valence-corrected chi connectivity index (χ1v) is 6.68. The van der Waals surface area contributed by atoms with E-state index in [0.717, 1.165) is 12.5 Å². The van der Waals surface area contributed by atoms with Crippen molar-refractivity contribution in [1.29, 1.82) is 0 Å². The molecule has 0 aliphatic heterocycles. The summed E-state index contributed by atoms with van der Waals surface area (Å²) in [4.78, 5) is 8.70. The molecule has 108 valence electrons. The van der Waals surface area contributed by atoms with Gasteiger partial charge in [-0.25, -0.2) is 18.7 Å². The van der Waals surface area contributed by atoms with Crippen molar-refractivity contribution in [1.82, 2.24) is 14.5 Å². The molecule has 0 spiro atoms. The molecule has 2 heterocycles. The first-order valence-electron chi connectivity index (χ1n) is 6.68. The molecular weight excluding hydrogens is 274 g/mol. The van der Waals surface area contributed by atoms with Crippen LogP contribution < -0.4 is 5.73 Å². The second-order valence-corrected chi connectivity index (χ2v) is 4.79. The molecule has 1 aromatic carbocycles. The van der Waals surface area contributed by atoms with Crippen molar-refractivity contribution in [2.45, 2.75) is 19.9 Å². The van der Waals surface area contributed by atoms with Gasteiger partial charge in [0.15, 0.2) is 5.65 Å². The third kappa shape index (κ3) is 2.22. The van der Waals surface area contributed by atoms with Crippen molar-refractivity contribution in [3.63, 3.8) is 0 Å². The van der Waals surface area contributed by atoms with Gasteiger partial charge in [-0.15, -0.1) is 0 Å². The number of imidazole rings is 1. The molecule has 0 bridgehead atoms. The first kappa shape index (κ1) is 13.5. The summed E-state index contributed by atoms with van der Waals surface area (Å²) in [5, 5.41) is 0. The number of pyridine rings is 1. The number of nitrogen functional groups attached to an aromatic ring is 1. The Morgan fingerprint density at radius 3 is 2.81 bits per heavy atom. The monoisotopic (exact) mass is 288 g/mol. The van der Waals surface area contributed by atoms with E-state index < -0.39 is 11.6 Å². The zero-order valence-corrected chi connectivity index (χ0v) is 11.5. The summed E-state index contributed by atoms with van der Waals surface area (Å²) >= 11 is 0. The molecule has 0 aliphatic carbocycles. The summed E-state index contributed by atoms with van der Waals surface area (Å²) in [7, 11) is 0. The molecule has 0 saturated carbocycles. The molecule has 4 nitrogen and oxygen atoms in total. The van der Waals surface area contributed by atoms with E-state index in [1.807, 2.05) is 17.6 Å². The highest BCUT2D eigenvalue weighted by Crippen LogP contribution is 2.29. The van der Waals surface area contributed by atoms with Gasteiger partial charge in [0.05, 0.1) is 11.3 Å². The van der Waals surface area contributed by atoms with Gasteiger partial charge in [0, 0.05) is 18.8 Å². The van der Waals surface area contributed by atoms with Crippen molar-refractivity contribution in [3.05, 3.63) is 42.1 Å². The molecule has 0 fully saturated rings. The Morgan fingerprint density at radius 2 is 2.05 bits per heavy atom. The SMILES string of the molecule is CCCn1c(-c2cc(N)c(F)cc2F)nc2cccnc21. The summed E-state index contributed by atoms with van der Waals surface area (Å²) < 4.78 is 29.2. The largest absolute Gasteiger partial charge is 0.396 e. The normalized spacial score (nSPS) is 11.2. The van der Waals surface area contributed by atoms with Crippen molar-refractivity contribution < 1.29 is 8.78 Å². The van der Waals surface area contributed by atoms with Crippen molar-refractivity contribution in [3.8, 4) is 11.4 Å². The molecule has 21 heavy (non-hydrogen) atoms. The van der Waals surface area contributed by atoms with Crippen LogP contribution in [-0.4, -0.2) is 14.5 Å². The molecule has 0 atom stereocenters. The number of rotatable bonds is 3. The van der Waals surface area contributed by atoms with Crippen LogP contribution in [0.25, 0.3) is 22.6 Å². The number of hydrogen-bond acceptors (Lipinski definition) is 3. The van der Waals surface area contributed by atoms with E-state index >= 15 is 0 Å². The smallest absolute Gasteiger partial charge is 0.160 e. The van der Waals surface area contributed by atoms with Crippen LogP contribution >= 0.6 is 0 Å². The minimum Gasteiger partial charge on any atom is -0.396 e. The molecule has 0 unspecified atom stereocenters. The van der Waals surface area contributed by atoms with Gasteiger partial charge in [-0.05, 0) is 24.6 Å². The Hall–Kier alpha value is -2.50. The maximum absolute atomic E-state index is 14.1. The summed E-state index contributed by atoms with van der Waals surface area (Å²) in [5.74, 6) is -1.04. The van der Waals surface area contributed by atoms with Crippen LogP contribution in [0, 0.1) is 11.6 Å². The Bertz CT molecular complexity index is 811. The van der Waals surface area contributed by atoms with E-state index in [-0.39, 0.29) is 11.3 Å². The predicted molar refractivity (Wildman–Crippen MR) is 77.6 cm³/mol. The van der Waals surface area contributed by atoms with Gasteiger partial charge >= 0.3 is 0 Å². The average molecular weight is 288 g/mol. The molecule has 0 saturated heterocycles. The van der Waals surface area contributed by atoms with Crippen LogP contribution in [0.3, 0.4) is 0 Å². The van der Waals surface area contributed by atoms with Gasteiger partial charge in [0.1, 0.15) is 23.0 Å². The third-order valence-electron chi connectivity index (χ3n) is 3.28. The van der Waals surface area contributed by atoms with E-state index in [2.05, 4.69) is 9.97 Å². The lowest BCUT2D eigenvalue weighted by Crippen LogP contribution is -2.03. The fourth-order valence-corrected chi connectivity index (χ4v) is 2.34. The number of halogens is 2. The molecule has 6 heteroatoms. The van der Waals surface area contributed by atoms with Crippen LogP contribution in [0.15, 0.2) is 30.5 Å². The Labute approximate surface area is 120 Å². The number of nitrogens with zero attached hydrogens (tertiary/aromatic N) is 3. The molecule has 0 radical (unpaired) electrons. The number of fused-ring (bicyclic) bond motifs is 1. The second-order valence-electron chi connectivity index (χ2n) is 4.79. The highest BCUT2D eigenvalue weighted by atomic mass is 19.1. The number of aryl methyl sites for hydroxylation is 1. The van der Waals surface area contributed by atoms with Gasteiger partial charge in [-0.3, -0.25) is 0 Å². The van der Waals surface area contributed by atoms with E-state index in [9.17, 15) is 8.78 Å². The second kappa shape index (κ2) is 5.12. The Morgan fingerprint density at radius 1 is 1.24 bits per heavy atom. The van der Waals surface area contributed by atoms with Crippen LogP contribution in [0.1, 0.15) is 13.3 Å². The lowest BCUT2D eigenvalue weighted by atomic mass is 10.1. The quantitative estimate of drug-likeness (QED) is 0.752. The highest BCUT2D eigenvalue weighted by Gasteiger charge is 2.18. The van der Waals surface area contributed by atoms with Gasteiger partial charge < -0.3 is 10.3 Å². The summed E-state index contributed by atoms with van der Waals surface area (Å²) in [6, 6.07) is 5.64. The number of anilines is 1. The zero-order valence-electron chi connectivity index (χ0n) is 11.5. The minimum absolute atomic E-state index is 0.102. The highest BCUT2D eigenvalue weighted by molar-refractivity contribution is 5.78. The molecular formula is C15H14F2N4. The molecule has 0 amide bonds. The number of hydrogen-bond donors (Lipinski definition) is 1.